The number of hydrogen-bond donors (Lipinski definition) is 0. The number of para-hydroxylation sites is 4. The van der Waals surface area contributed by atoms with Gasteiger partial charge in [-0.05, 0) is 71.8 Å². The van der Waals surface area contributed by atoms with Crippen LogP contribution in [0.15, 0.2) is 203 Å². The standard InChI is InChI=1S/C54H32N2O2/c1-3-15-33(16-4-1)49-51-41-31-35(55-43-23-11-7-19-37(43)38-20-8-12-24-44(38)55)27-29-47(41)58-54(51)50(34-17-5-2-6-18-34)52-42-32-36(28-30-48(42)57-53(49)52)56-45-25-13-9-21-39(45)40-22-10-14-26-46(40)56/h1-32H. The Morgan fingerprint density at radius 3 is 0.983 bits per heavy atom. The molecule has 58 heavy (non-hydrogen) atoms. The van der Waals surface area contributed by atoms with E-state index in [9.17, 15) is 0 Å². The van der Waals surface area contributed by atoms with E-state index in [1.165, 1.54) is 43.6 Å². The zero-order valence-electron chi connectivity index (χ0n) is 31.2. The first-order chi connectivity index (χ1) is 28.8. The summed E-state index contributed by atoms with van der Waals surface area (Å²) in [5, 5.41) is 9.09. The van der Waals surface area contributed by atoms with Crippen molar-refractivity contribution < 1.29 is 8.83 Å². The SMILES string of the molecule is c1ccc(-c2c3oc4ccc(-n5c6ccccc6c6ccccc65)cc4c3c(-c3ccccc3)c3oc4ccc(-n5c6ccccc6c6ccccc65)cc4c23)cc1. The van der Waals surface area contributed by atoms with Crippen molar-refractivity contribution in [2.75, 3.05) is 0 Å². The van der Waals surface area contributed by atoms with Crippen LogP contribution in [-0.4, -0.2) is 9.13 Å². The normalized spacial score (nSPS) is 12.1. The highest BCUT2D eigenvalue weighted by molar-refractivity contribution is 6.30. The molecule has 13 rings (SSSR count). The molecule has 9 aromatic carbocycles. The predicted molar refractivity (Wildman–Crippen MR) is 241 cm³/mol. The molecule has 4 heterocycles. The third kappa shape index (κ3) is 4.29. The van der Waals surface area contributed by atoms with Crippen LogP contribution in [0, 0.1) is 0 Å². The number of rotatable bonds is 4. The molecule has 0 bridgehead atoms. The molecule has 4 aromatic heterocycles. The van der Waals surface area contributed by atoms with Crippen LogP contribution in [0.1, 0.15) is 0 Å². The molecular weight excluding hydrogens is 709 g/mol. The van der Waals surface area contributed by atoms with E-state index < -0.39 is 0 Å². The van der Waals surface area contributed by atoms with Gasteiger partial charge in [0.05, 0.1) is 22.1 Å². The first kappa shape index (κ1) is 31.4. The smallest absolute Gasteiger partial charge is 0.144 e. The van der Waals surface area contributed by atoms with Gasteiger partial charge in [0.15, 0.2) is 0 Å². The van der Waals surface area contributed by atoms with Crippen LogP contribution in [0.5, 0.6) is 0 Å². The zero-order chi connectivity index (χ0) is 37.9. The first-order valence-electron chi connectivity index (χ1n) is 19.8. The highest BCUT2D eigenvalue weighted by Crippen LogP contribution is 2.51. The van der Waals surface area contributed by atoms with Gasteiger partial charge in [0.1, 0.15) is 22.3 Å². The highest BCUT2D eigenvalue weighted by atomic mass is 16.3. The van der Waals surface area contributed by atoms with Gasteiger partial charge in [-0.15, -0.1) is 0 Å². The third-order valence-corrected chi connectivity index (χ3v) is 12.1. The van der Waals surface area contributed by atoms with E-state index in [1.807, 2.05) is 0 Å². The zero-order valence-corrected chi connectivity index (χ0v) is 31.2. The van der Waals surface area contributed by atoms with Crippen molar-refractivity contribution in [2.45, 2.75) is 0 Å². The number of fused-ring (bicyclic) bond motifs is 12. The molecule has 0 aliphatic rings. The fourth-order valence-electron chi connectivity index (χ4n) is 9.69. The van der Waals surface area contributed by atoms with E-state index in [-0.39, 0.29) is 0 Å². The molecular formula is C54H32N2O2. The molecule has 4 nitrogen and oxygen atoms in total. The van der Waals surface area contributed by atoms with E-state index in [0.29, 0.717) is 0 Å². The maximum absolute atomic E-state index is 7.14. The average Bonchev–Trinajstić information content (AvgIpc) is 4.04. The third-order valence-electron chi connectivity index (χ3n) is 12.1. The largest absolute Gasteiger partial charge is 0.455 e. The van der Waals surface area contributed by atoms with Gasteiger partial charge in [0.25, 0.3) is 0 Å². The minimum absolute atomic E-state index is 0.830. The van der Waals surface area contributed by atoms with Crippen LogP contribution < -0.4 is 0 Å². The minimum atomic E-state index is 0.830. The summed E-state index contributed by atoms with van der Waals surface area (Å²) < 4.78 is 19.0. The van der Waals surface area contributed by atoms with Gasteiger partial charge >= 0.3 is 0 Å². The summed E-state index contributed by atoms with van der Waals surface area (Å²) >= 11 is 0. The van der Waals surface area contributed by atoms with Crippen molar-refractivity contribution in [3.8, 4) is 33.6 Å². The van der Waals surface area contributed by atoms with E-state index in [1.54, 1.807) is 0 Å². The van der Waals surface area contributed by atoms with Crippen LogP contribution in [0.2, 0.25) is 0 Å². The van der Waals surface area contributed by atoms with Gasteiger partial charge in [0.2, 0.25) is 0 Å². The van der Waals surface area contributed by atoms with Crippen LogP contribution in [-0.2, 0) is 0 Å². The predicted octanol–water partition coefficient (Wildman–Crippen LogP) is 15.0. The molecule has 0 spiro atoms. The maximum Gasteiger partial charge on any atom is 0.144 e. The first-order valence-corrected chi connectivity index (χ1v) is 19.8. The van der Waals surface area contributed by atoms with Crippen molar-refractivity contribution in [3.05, 3.63) is 194 Å². The van der Waals surface area contributed by atoms with Crippen molar-refractivity contribution in [1.82, 2.24) is 9.13 Å². The second kappa shape index (κ2) is 11.8. The van der Waals surface area contributed by atoms with Crippen molar-refractivity contribution in [2.24, 2.45) is 0 Å². The summed E-state index contributed by atoms with van der Waals surface area (Å²) in [4.78, 5) is 0. The Labute approximate surface area is 332 Å². The van der Waals surface area contributed by atoms with Crippen LogP contribution in [0.25, 0.3) is 121 Å². The fraction of sp³-hybridized carbons (Fsp3) is 0. The van der Waals surface area contributed by atoms with E-state index >= 15 is 0 Å². The molecule has 270 valence electrons. The van der Waals surface area contributed by atoms with Gasteiger partial charge in [-0.1, -0.05) is 133 Å². The minimum Gasteiger partial charge on any atom is -0.455 e. The second-order valence-electron chi connectivity index (χ2n) is 15.2. The van der Waals surface area contributed by atoms with Gasteiger partial charge < -0.3 is 18.0 Å². The molecule has 0 aliphatic carbocycles. The lowest BCUT2D eigenvalue weighted by molar-refractivity contribution is 0.665. The molecule has 0 amide bonds. The molecule has 0 atom stereocenters. The average molecular weight is 741 g/mol. The van der Waals surface area contributed by atoms with Crippen molar-refractivity contribution >= 4 is 87.5 Å². The number of benzene rings is 9. The summed E-state index contributed by atoms with van der Waals surface area (Å²) in [6, 6.07) is 69.2. The topological polar surface area (TPSA) is 36.1 Å². The lowest BCUT2D eigenvalue weighted by Gasteiger charge is -2.12. The summed E-state index contributed by atoms with van der Waals surface area (Å²) in [6.07, 6.45) is 0. The Morgan fingerprint density at radius 2 is 0.621 bits per heavy atom. The van der Waals surface area contributed by atoms with Gasteiger partial charge in [-0.2, -0.15) is 0 Å². The van der Waals surface area contributed by atoms with Crippen LogP contribution >= 0.6 is 0 Å². The van der Waals surface area contributed by atoms with E-state index in [2.05, 4.69) is 203 Å². The Morgan fingerprint density at radius 1 is 0.293 bits per heavy atom. The molecule has 0 aliphatic heterocycles. The number of aromatic nitrogens is 2. The summed E-state index contributed by atoms with van der Waals surface area (Å²) in [5.41, 5.74) is 14.4. The molecule has 4 heteroatoms. The molecule has 0 saturated carbocycles. The highest BCUT2D eigenvalue weighted by Gasteiger charge is 2.27. The number of furan rings is 2. The molecule has 0 saturated heterocycles. The Hall–Kier alpha value is -7.82. The molecule has 0 N–H and O–H groups in total. The quantitative estimate of drug-likeness (QED) is 0.180. The Balaban J connectivity index is 1.18. The van der Waals surface area contributed by atoms with Crippen LogP contribution in [0.3, 0.4) is 0 Å². The van der Waals surface area contributed by atoms with E-state index in [0.717, 1.165) is 77.5 Å². The van der Waals surface area contributed by atoms with Crippen molar-refractivity contribution in [3.63, 3.8) is 0 Å². The number of hydrogen-bond acceptors (Lipinski definition) is 2. The summed E-state index contributed by atoms with van der Waals surface area (Å²) in [6.45, 7) is 0. The van der Waals surface area contributed by atoms with Gasteiger partial charge in [0, 0.05) is 65.6 Å². The monoisotopic (exact) mass is 740 g/mol. The lowest BCUT2D eigenvalue weighted by Crippen LogP contribution is -1.93. The van der Waals surface area contributed by atoms with Crippen LogP contribution in [0.4, 0.5) is 0 Å². The van der Waals surface area contributed by atoms with Gasteiger partial charge in [-0.3, -0.25) is 0 Å². The molecule has 0 radical (unpaired) electrons. The molecule has 0 unspecified atom stereocenters. The van der Waals surface area contributed by atoms with Crippen molar-refractivity contribution in [1.29, 1.82) is 0 Å². The lowest BCUT2D eigenvalue weighted by atomic mass is 9.90. The fourth-order valence-corrected chi connectivity index (χ4v) is 9.69. The number of nitrogens with zero attached hydrogens (tertiary/aromatic N) is 2. The second-order valence-corrected chi connectivity index (χ2v) is 15.2. The Kier molecular flexibility index (Phi) is 6.41. The Bertz CT molecular complexity index is 3430. The molecule has 13 aromatic rings. The maximum atomic E-state index is 7.14. The van der Waals surface area contributed by atoms with E-state index in [4.69, 9.17) is 8.83 Å². The van der Waals surface area contributed by atoms with Gasteiger partial charge in [-0.25, -0.2) is 0 Å². The summed E-state index contributed by atoms with van der Waals surface area (Å²) in [5.74, 6) is 0. The summed E-state index contributed by atoms with van der Waals surface area (Å²) in [7, 11) is 0. The molecule has 0 fully saturated rings.